The summed E-state index contributed by atoms with van der Waals surface area (Å²) in [5.41, 5.74) is 7.76. The van der Waals surface area contributed by atoms with Gasteiger partial charge in [-0.1, -0.05) is 78.9 Å². The molecular weight excluding hydrogens is 410 g/mol. The van der Waals surface area contributed by atoms with Gasteiger partial charge in [-0.05, 0) is 52.7 Å². The Labute approximate surface area is 193 Å². The third-order valence-corrected chi connectivity index (χ3v) is 7.38. The number of benzene rings is 3. The molecule has 0 saturated carbocycles. The maximum absolute atomic E-state index is 13.2. The Balaban J connectivity index is 1.21. The van der Waals surface area contributed by atoms with Crippen molar-refractivity contribution in [1.82, 2.24) is 4.90 Å². The predicted molar refractivity (Wildman–Crippen MR) is 128 cm³/mol. The van der Waals surface area contributed by atoms with E-state index in [0.29, 0.717) is 12.2 Å². The monoisotopic (exact) mass is 435 g/mol. The fourth-order valence-corrected chi connectivity index (χ4v) is 5.88. The number of amides is 1. The zero-order chi connectivity index (χ0) is 22.4. The SMILES string of the molecule is O=Cc1ccccc1C1=CC2CCC(C1)N2C(=O)OCC1c2ccccc2-c2ccccc21. The molecule has 1 saturated heterocycles. The van der Waals surface area contributed by atoms with Crippen LogP contribution in [0.5, 0.6) is 0 Å². The molecule has 1 amide bonds. The van der Waals surface area contributed by atoms with Crippen molar-refractivity contribution in [3.63, 3.8) is 0 Å². The molecule has 4 nitrogen and oxygen atoms in total. The first-order chi connectivity index (χ1) is 16.2. The van der Waals surface area contributed by atoms with Gasteiger partial charge in [-0.25, -0.2) is 4.79 Å². The number of aldehydes is 1. The number of hydrogen-bond donors (Lipinski definition) is 0. The standard InChI is InChI=1S/C29H25NO3/c31-17-19-7-1-2-8-23(19)20-15-21-13-14-22(16-20)30(21)29(32)33-18-28-26-11-5-3-9-24(26)25-10-4-6-12-27(25)28/h1-12,15,17,21-22,28H,13-14,16,18H2. The van der Waals surface area contributed by atoms with E-state index in [2.05, 4.69) is 42.5 Å². The van der Waals surface area contributed by atoms with E-state index in [1.807, 2.05) is 41.3 Å². The smallest absolute Gasteiger partial charge is 0.410 e. The van der Waals surface area contributed by atoms with Crippen LogP contribution in [-0.4, -0.2) is 36.0 Å². The fraction of sp³-hybridized carbons (Fsp3) is 0.241. The molecule has 2 atom stereocenters. The maximum atomic E-state index is 13.2. The second kappa shape index (κ2) is 8.04. The molecule has 0 aromatic heterocycles. The highest BCUT2D eigenvalue weighted by Crippen LogP contribution is 2.45. The van der Waals surface area contributed by atoms with Crippen molar-refractivity contribution in [1.29, 1.82) is 0 Å². The van der Waals surface area contributed by atoms with E-state index in [1.165, 1.54) is 22.3 Å². The number of ether oxygens (including phenoxy) is 1. The van der Waals surface area contributed by atoms with Crippen LogP contribution in [0.4, 0.5) is 4.79 Å². The molecule has 2 unspecified atom stereocenters. The van der Waals surface area contributed by atoms with Crippen molar-refractivity contribution >= 4 is 18.0 Å². The number of hydrogen-bond acceptors (Lipinski definition) is 3. The third kappa shape index (κ3) is 3.29. The van der Waals surface area contributed by atoms with Crippen LogP contribution < -0.4 is 0 Å². The first kappa shape index (κ1) is 20.0. The van der Waals surface area contributed by atoms with E-state index in [-0.39, 0.29) is 24.1 Å². The van der Waals surface area contributed by atoms with Gasteiger partial charge in [0, 0.05) is 17.5 Å². The van der Waals surface area contributed by atoms with Crippen LogP contribution in [0.1, 0.15) is 52.2 Å². The van der Waals surface area contributed by atoms with Crippen LogP contribution in [0.3, 0.4) is 0 Å². The summed E-state index contributed by atoms with van der Waals surface area (Å²) in [6, 6.07) is 24.6. The quantitative estimate of drug-likeness (QED) is 0.468. The summed E-state index contributed by atoms with van der Waals surface area (Å²) in [5, 5.41) is 0. The van der Waals surface area contributed by atoms with Gasteiger partial charge in [-0.3, -0.25) is 9.69 Å². The molecule has 33 heavy (non-hydrogen) atoms. The van der Waals surface area contributed by atoms with Crippen molar-refractivity contribution in [2.45, 2.75) is 37.3 Å². The first-order valence-corrected chi connectivity index (χ1v) is 11.6. The van der Waals surface area contributed by atoms with Crippen molar-refractivity contribution in [3.05, 3.63) is 101 Å². The summed E-state index contributed by atoms with van der Waals surface area (Å²) in [7, 11) is 0. The Morgan fingerprint density at radius 3 is 2.18 bits per heavy atom. The van der Waals surface area contributed by atoms with Crippen molar-refractivity contribution in [2.75, 3.05) is 6.61 Å². The summed E-state index contributed by atoms with van der Waals surface area (Å²) in [5.74, 6) is 0.0642. The van der Waals surface area contributed by atoms with Gasteiger partial charge in [0.15, 0.2) is 6.29 Å². The number of rotatable bonds is 4. The summed E-state index contributed by atoms with van der Waals surface area (Å²) in [4.78, 5) is 26.6. The fourth-order valence-electron chi connectivity index (χ4n) is 5.88. The summed E-state index contributed by atoms with van der Waals surface area (Å²) in [6.07, 6.45) is 5.48. The molecule has 1 aliphatic carbocycles. The van der Waals surface area contributed by atoms with Crippen molar-refractivity contribution in [2.24, 2.45) is 0 Å². The molecule has 0 N–H and O–H groups in total. The van der Waals surface area contributed by atoms with Crippen LogP contribution in [0.25, 0.3) is 16.7 Å². The van der Waals surface area contributed by atoms with E-state index in [4.69, 9.17) is 4.74 Å². The zero-order valence-corrected chi connectivity index (χ0v) is 18.3. The van der Waals surface area contributed by atoms with Crippen LogP contribution in [0.15, 0.2) is 78.9 Å². The minimum Gasteiger partial charge on any atom is -0.448 e. The molecule has 3 aliphatic rings. The van der Waals surface area contributed by atoms with Gasteiger partial charge >= 0.3 is 6.09 Å². The van der Waals surface area contributed by atoms with E-state index in [9.17, 15) is 9.59 Å². The van der Waals surface area contributed by atoms with Crippen LogP contribution >= 0.6 is 0 Å². The maximum Gasteiger partial charge on any atom is 0.410 e. The van der Waals surface area contributed by atoms with Crippen LogP contribution in [0, 0.1) is 0 Å². The van der Waals surface area contributed by atoms with Gasteiger partial charge in [0.25, 0.3) is 0 Å². The number of fused-ring (bicyclic) bond motifs is 5. The summed E-state index contributed by atoms with van der Waals surface area (Å²) < 4.78 is 5.95. The minimum absolute atomic E-state index is 0.0223. The molecule has 0 radical (unpaired) electrons. The van der Waals surface area contributed by atoms with Gasteiger partial charge in [0.1, 0.15) is 6.61 Å². The third-order valence-electron chi connectivity index (χ3n) is 7.38. The predicted octanol–water partition coefficient (Wildman–Crippen LogP) is 6.07. The van der Waals surface area contributed by atoms with Crippen LogP contribution in [-0.2, 0) is 4.74 Å². The Bertz CT molecular complexity index is 1230. The minimum atomic E-state index is -0.233. The molecule has 6 rings (SSSR count). The number of carbonyl (C=O) groups is 2. The molecule has 4 heteroatoms. The zero-order valence-electron chi connectivity index (χ0n) is 18.3. The molecule has 3 aromatic carbocycles. The normalized spacial score (nSPS) is 20.7. The Morgan fingerprint density at radius 2 is 1.52 bits per heavy atom. The molecule has 1 fully saturated rings. The van der Waals surface area contributed by atoms with Crippen molar-refractivity contribution in [3.8, 4) is 11.1 Å². The average Bonchev–Trinajstić information content (AvgIpc) is 3.33. The highest BCUT2D eigenvalue weighted by molar-refractivity contribution is 5.87. The van der Waals surface area contributed by atoms with Gasteiger partial charge in [-0.15, -0.1) is 0 Å². The van der Waals surface area contributed by atoms with E-state index in [0.717, 1.165) is 36.7 Å². The number of carbonyl (C=O) groups excluding carboxylic acids is 2. The second-order valence-corrected chi connectivity index (χ2v) is 9.11. The van der Waals surface area contributed by atoms with E-state index in [1.54, 1.807) is 0 Å². The Kier molecular flexibility index (Phi) is 4.87. The lowest BCUT2D eigenvalue weighted by Crippen LogP contribution is -2.43. The highest BCUT2D eigenvalue weighted by atomic mass is 16.6. The Morgan fingerprint density at radius 1 is 0.879 bits per heavy atom. The Hall–Kier alpha value is -3.66. The van der Waals surface area contributed by atoms with Gasteiger partial charge in [0.2, 0.25) is 0 Å². The molecular formula is C29H25NO3. The second-order valence-electron chi connectivity index (χ2n) is 9.11. The molecule has 2 aliphatic heterocycles. The topological polar surface area (TPSA) is 46.6 Å². The number of nitrogens with zero attached hydrogens (tertiary/aromatic N) is 1. The molecule has 2 heterocycles. The molecule has 3 aromatic rings. The summed E-state index contributed by atoms with van der Waals surface area (Å²) in [6.45, 7) is 0.341. The lowest BCUT2D eigenvalue weighted by molar-refractivity contribution is 0.0866. The van der Waals surface area contributed by atoms with Gasteiger partial charge < -0.3 is 4.74 Å². The summed E-state index contributed by atoms with van der Waals surface area (Å²) >= 11 is 0. The lowest BCUT2D eigenvalue weighted by Gasteiger charge is -2.34. The van der Waals surface area contributed by atoms with Crippen molar-refractivity contribution < 1.29 is 14.3 Å². The van der Waals surface area contributed by atoms with Gasteiger partial charge in [0.05, 0.1) is 6.04 Å². The highest BCUT2D eigenvalue weighted by Gasteiger charge is 2.41. The first-order valence-electron chi connectivity index (χ1n) is 11.6. The van der Waals surface area contributed by atoms with Crippen LogP contribution in [0.2, 0.25) is 0 Å². The van der Waals surface area contributed by atoms with Gasteiger partial charge in [-0.2, -0.15) is 0 Å². The van der Waals surface area contributed by atoms with E-state index < -0.39 is 0 Å². The average molecular weight is 436 g/mol. The largest absolute Gasteiger partial charge is 0.448 e. The molecule has 2 bridgehead atoms. The molecule has 164 valence electrons. The van der Waals surface area contributed by atoms with E-state index >= 15 is 0 Å². The lowest BCUT2D eigenvalue weighted by atomic mass is 9.92. The molecule has 0 spiro atoms.